The van der Waals surface area contributed by atoms with Crippen LogP contribution in [0.2, 0.25) is 0 Å². The Labute approximate surface area is 225 Å². The van der Waals surface area contributed by atoms with Crippen LogP contribution in [0.15, 0.2) is 30.9 Å². The van der Waals surface area contributed by atoms with Crippen molar-refractivity contribution in [2.24, 2.45) is 39.9 Å². The van der Waals surface area contributed by atoms with Crippen LogP contribution in [0, 0.1) is 39.9 Å². The summed E-state index contributed by atoms with van der Waals surface area (Å²) >= 11 is 0. The first-order valence-electron chi connectivity index (χ1n) is 14.0. The smallest absolute Gasteiger partial charge is 0.478 e. The second-order valence-electron chi connectivity index (χ2n) is 13.0. The molecule has 1 aliphatic heterocycles. The molecule has 2 bridgehead atoms. The van der Waals surface area contributed by atoms with Gasteiger partial charge in [0, 0.05) is 23.7 Å². The summed E-state index contributed by atoms with van der Waals surface area (Å²) in [6, 6.07) is 5.18. The minimum Gasteiger partial charge on any atom is -0.478 e. The lowest BCUT2D eigenvalue weighted by atomic mass is 9.41. The maximum Gasteiger partial charge on any atom is 0.492 e. The van der Waals surface area contributed by atoms with Crippen LogP contribution in [-0.4, -0.2) is 46.3 Å². The summed E-state index contributed by atoms with van der Waals surface area (Å²) in [4.78, 5) is 26.7. The Balaban J connectivity index is 1.64. The molecule has 0 spiro atoms. The van der Waals surface area contributed by atoms with Gasteiger partial charge in [0.2, 0.25) is 0 Å². The Hall–Kier alpha value is -2.16. The van der Waals surface area contributed by atoms with E-state index in [0.717, 1.165) is 24.8 Å². The van der Waals surface area contributed by atoms with Crippen LogP contribution in [-0.2, 0) is 14.2 Å². The van der Waals surface area contributed by atoms with Gasteiger partial charge >= 0.3 is 13.1 Å². The van der Waals surface area contributed by atoms with Crippen molar-refractivity contribution in [3.8, 4) is 5.75 Å². The largest absolute Gasteiger partial charge is 0.492 e. The molecule has 7 nitrogen and oxygen atoms in total. The lowest BCUT2D eigenvalue weighted by molar-refractivity contribution is -0.193. The van der Waals surface area contributed by atoms with Crippen LogP contribution in [0.1, 0.15) is 78.4 Å². The fourth-order valence-corrected chi connectivity index (χ4v) is 8.92. The van der Waals surface area contributed by atoms with Gasteiger partial charge in [0.05, 0.1) is 12.2 Å². The van der Waals surface area contributed by atoms with E-state index in [0.29, 0.717) is 24.1 Å². The molecule has 1 heterocycles. The molecule has 206 valence electrons. The predicted octanol–water partition coefficient (Wildman–Crippen LogP) is 3.91. The van der Waals surface area contributed by atoms with Gasteiger partial charge in [-0.05, 0) is 78.4 Å². The van der Waals surface area contributed by atoms with Crippen LogP contribution >= 0.6 is 0 Å². The van der Waals surface area contributed by atoms with Crippen LogP contribution in [0.5, 0.6) is 5.75 Å². The van der Waals surface area contributed by atoms with Crippen molar-refractivity contribution >= 4 is 24.3 Å². The van der Waals surface area contributed by atoms with Crippen molar-refractivity contribution in [3.63, 3.8) is 0 Å². The first-order valence-corrected chi connectivity index (χ1v) is 14.0. The third kappa shape index (κ3) is 3.74. The van der Waals surface area contributed by atoms with Gasteiger partial charge in [0.25, 0.3) is 0 Å². The molecule has 3 aliphatic carbocycles. The molecule has 2 unspecified atom stereocenters. The Morgan fingerprint density at radius 2 is 1.97 bits per heavy atom. The maximum atomic E-state index is 13.7. The summed E-state index contributed by atoms with van der Waals surface area (Å²) in [5.41, 5.74) is -0.385. The molecule has 1 aromatic carbocycles. The van der Waals surface area contributed by atoms with E-state index in [1.807, 2.05) is 13.8 Å². The average Bonchev–Trinajstić information content (AvgIpc) is 3.38. The lowest BCUT2D eigenvalue weighted by Crippen LogP contribution is -2.63. The molecule has 5 rings (SSSR count). The third-order valence-corrected chi connectivity index (χ3v) is 11.4. The van der Waals surface area contributed by atoms with Crippen LogP contribution in [0.3, 0.4) is 0 Å². The molecule has 10 atom stereocenters. The Bertz CT molecular complexity index is 1150. The van der Waals surface area contributed by atoms with Crippen molar-refractivity contribution in [2.45, 2.75) is 85.0 Å². The number of aliphatic hydroxyl groups is 1. The highest BCUT2D eigenvalue weighted by atomic mass is 16.5. The van der Waals surface area contributed by atoms with E-state index in [1.54, 1.807) is 24.3 Å². The molecule has 3 saturated carbocycles. The fourth-order valence-electron chi connectivity index (χ4n) is 8.92. The van der Waals surface area contributed by atoms with E-state index >= 15 is 0 Å². The number of ether oxygens (including phenoxy) is 1. The standard InChI is InChI=1S/C30H41BO7/c1-7-28(5)15-21(24(27(34)35)37-19-8-9-20-18(4)38-31(36)22(20)14-19)29(6)16(2)10-12-30(17(3)26(28)33)13-11-23(32)25(29)30/h7-9,14,16-18,21,24-26,33,36H,1,10-13,15H2,2-6H3,(H,34,35)/t16-,17+,18?,21+,24?,25+,26+,28-,29-,30+/m1/s1. The normalized spacial score (nSPS) is 43.0. The average molecular weight is 524 g/mol. The molecule has 3 fully saturated rings. The minimum absolute atomic E-state index is 0.0886. The van der Waals surface area contributed by atoms with E-state index in [1.165, 1.54) is 0 Å². The highest BCUT2D eigenvalue weighted by Gasteiger charge is 2.68. The number of aliphatic hydroxyl groups excluding tert-OH is 1. The van der Waals surface area contributed by atoms with Gasteiger partial charge in [-0.15, -0.1) is 6.58 Å². The topological polar surface area (TPSA) is 113 Å². The molecule has 8 heteroatoms. The number of hydrogen-bond acceptors (Lipinski definition) is 6. The number of carbonyl (C=O) groups excluding carboxylic acids is 1. The van der Waals surface area contributed by atoms with E-state index in [9.17, 15) is 24.8 Å². The Kier molecular flexibility index (Phi) is 6.64. The molecule has 1 aromatic rings. The molecular formula is C30H41BO7. The number of rotatable bonds is 5. The number of Topliss-reactive ketones (excluding diaryl/α,β-unsaturated/α-hetero) is 1. The second kappa shape index (κ2) is 9.21. The summed E-state index contributed by atoms with van der Waals surface area (Å²) in [7, 11) is -1.10. The van der Waals surface area contributed by atoms with Crippen LogP contribution in [0.4, 0.5) is 0 Å². The summed E-state index contributed by atoms with van der Waals surface area (Å²) < 4.78 is 11.8. The summed E-state index contributed by atoms with van der Waals surface area (Å²) in [5, 5.41) is 32.7. The van der Waals surface area contributed by atoms with Gasteiger partial charge < -0.3 is 24.6 Å². The van der Waals surface area contributed by atoms with Gasteiger partial charge in [0.1, 0.15) is 11.5 Å². The van der Waals surface area contributed by atoms with Crippen molar-refractivity contribution in [1.82, 2.24) is 0 Å². The first-order chi connectivity index (χ1) is 17.8. The number of benzene rings is 1. The van der Waals surface area contributed by atoms with Gasteiger partial charge in [0.15, 0.2) is 6.10 Å². The van der Waals surface area contributed by atoms with E-state index in [2.05, 4.69) is 27.4 Å². The molecule has 3 N–H and O–H groups in total. The number of carbonyl (C=O) groups is 2. The van der Waals surface area contributed by atoms with Crippen molar-refractivity contribution < 1.29 is 34.2 Å². The van der Waals surface area contributed by atoms with Crippen LogP contribution in [0.25, 0.3) is 0 Å². The summed E-state index contributed by atoms with van der Waals surface area (Å²) in [5.74, 6) is -1.54. The molecule has 38 heavy (non-hydrogen) atoms. The lowest BCUT2D eigenvalue weighted by Gasteiger charge is -2.63. The van der Waals surface area contributed by atoms with Gasteiger partial charge in [-0.1, -0.05) is 39.8 Å². The first kappa shape index (κ1) is 27.4. The Morgan fingerprint density at radius 3 is 2.63 bits per heavy atom. The molecule has 0 amide bonds. The highest BCUT2D eigenvalue weighted by Crippen LogP contribution is 2.69. The molecule has 0 radical (unpaired) electrons. The number of aliphatic carboxylic acids is 1. The van der Waals surface area contributed by atoms with Crippen LogP contribution < -0.4 is 10.2 Å². The number of fused-ring (bicyclic) bond motifs is 1. The monoisotopic (exact) mass is 524 g/mol. The molecular weight excluding hydrogens is 483 g/mol. The predicted molar refractivity (Wildman–Crippen MR) is 144 cm³/mol. The number of carboxylic acid groups (broad SMARTS) is 1. The highest BCUT2D eigenvalue weighted by molar-refractivity contribution is 6.61. The minimum atomic E-state index is -1.26. The van der Waals surface area contributed by atoms with Crippen molar-refractivity contribution in [1.29, 1.82) is 0 Å². The molecule has 0 aromatic heterocycles. The number of hydrogen-bond donors (Lipinski definition) is 3. The van der Waals surface area contributed by atoms with E-state index < -0.39 is 42.0 Å². The SMILES string of the molecule is C=C[C@]1(C)C[C@@H](C(Oc2ccc3c(c2)B(O)OC3C)C(=O)O)[C@@]2(C)[C@H](C)CC[C@]3(CCC(=O)[C@H]32)[C@@H](C)[C@@H]1O. The van der Waals surface area contributed by atoms with E-state index in [4.69, 9.17) is 9.39 Å². The quantitative estimate of drug-likeness (QED) is 0.396. The third-order valence-electron chi connectivity index (χ3n) is 11.4. The zero-order chi connectivity index (χ0) is 27.8. The summed E-state index contributed by atoms with van der Waals surface area (Å²) in [6.07, 6.45) is 2.68. The number of ketones is 1. The van der Waals surface area contributed by atoms with E-state index in [-0.39, 0.29) is 35.1 Å². The molecule has 0 saturated heterocycles. The fraction of sp³-hybridized carbons (Fsp3) is 0.667. The summed E-state index contributed by atoms with van der Waals surface area (Å²) in [6.45, 7) is 14.2. The zero-order valence-corrected chi connectivity index (χ0v) is 23.1. The van der Waals surface area contributed by atoms with Crippen molar-refractivity contribution in [3.05, 3.63) is 36.4 Å². The van der Waals surface area contributed by atoms with Gasteiger partial charge in [-0.2, -0.15) is 0 Å². The zero-order valence-electron chi connectivity index (χ0n) is 23.1. The van der Waals surface area contributed by atoms with Gasteiger partial charge in [-0.25, -0.2) is 4.79 Å². The number of carboxylic acids is 1. The van der Waals surface area contributed by atoms with Gasteiger partial charge in [-0.3, -0.25) is 4.79 Å². The second-order valence-corrected chi connectivity index (χ2v) is 13.0. The maximum absolute atomic E-state index is 13.7. The Morgan fingerprint density at radius 1 is 1.26 bits per heavy atom. The molecule has 4 aliphatic rings. The van der Waals surface area contributed by atoms with Crippen molar-refractivity contribution in [2.75, 3.05) is 0 Å².